The number of hydrogen-bond acceptors (Lipinski definition) is 9. The molecule has 1 aliphatic heterocycles. The fourth-order valence-electron chi connectivity index (χ4n) is 3.62. The molecule has 2 unspecified atom stereocenters. The summed E-state index contributed by atoms with van der Waals surface area (Å²) in [7, 11) is 0. The van der Waals surface area contributed by atoms with Crippen molar-refractivity contribution in [2.75, 3.05) is 32.0 Å². The molecule has 35 heavy (non-hydrogen) atoms. The maximum absolute atomic E-state index is 13.6. The molecule has 5 N–H and O–H groups in total. The van der Waals surface area contributed by atoms with Crippen LogP contribution in [0.2, 0.25) is 0 Å². The first-order valence-electron chi connectivity index (χ1n) is 10.9. The van der Waals surface area contributed by atoms with E-state index in [1.54, 1.807) is 6.92 Å². The number of carbonyl (C=O) groups excluding carboxylic acids is 4. The Hall–Kier alpha value is -3.58. The van der Waals surface area contributed by atoms with Gasteiger partial charge < -0.3 is 31.2 Å². The fourth-order valence-corrected chi connectivity index (χ4v) is 4.38. The molecule has 11 nitrogen and oxygen atoms in total. The summed E-state index contributed by atoms with van der Waals surface area (Å²) < 4.78 is 28.0. The molecular formula is C22H26FN5O6S. The monoisotopic (exact) mass is 507 g/mol. The summed E-state index contributed by atoms with van der Waals surface area (Å²) in [5.74, 6) is -3.73. The quantitative estimate of drug-likeness (QED) is 0.401. The Morgan fingerprint density at radius 3 is 2.60 bits per heavy atom. The van der Waals surface area contributed by atoms with Crippen LogP contribution in [0.25, 0.3) is 0 Å². The smallest absolute Gasteiger partial charge is 0.325 e. The molecule has 188 valence electrons. The lowest BCUT2D eigenvalue weighted by Crippen LogP contribution is -2.47. The second-order valence-electron chi connectivity index (χ2n) is 7.71. The van der Waals surface area contributed by atoms with E-state index in [0.29, 0.717) is 18.1 Å². The number of rotatable bonds is 10. The SMILES string of the molecule is CCOC(=O)CN(C(=O)c1snc(C(N)=O)c1N)C(C(=O)NCC1CCCO1)c1ccc(F)cc1. The third kappa shape index (κ3) is 6.31. The predicted molar refractivity (Wildman–Crippen MR) is 124 cm³/mol. The van der Waals surface area contributed by atoms with E-state index in [1.807, 2.05) is 0 Å². The Balaban J connectivity index is 2.01. The van der Waals surface area contributed by atoms with Gasteiger partial charge in [0.2, 0.25) is 5.91 Å². The zero-order valence-electron chi connectivity index (χ0n) is 19.0. The Kier molecular flexibility index (Phi) is 8.71. The number of esters is 1. The van der Waals surface area contributed by atoms with Crippen molar-refractivity contribution in [1.29, 1.82) is 0 Å². The number of aromatic nitrogens is 1. The second-order valence-corrected chi connectivity index (χ2v) is 8.48. The van der Waals surface area contributed by atoms with E-state index in [9.17, 15) is 23.6 Å². The number of hydrogen-bond donors (Lipinski definition) is 3. The van der Waals surface area contributed by atoms with Gasteiger partial charge >= 0.3 is 5.97 Å². The van der Waals surface area contributed by atoms with Gasteiger partial charge in [-0.05, 0) is 49.0 Å². The lowest BCUT2D eigenvalue weighted by atomic mass is 10.0. The first-order valence-corrected chi connectivity index (χ1v) is 11.7. The molecule has 2 heterocycles. The van der Waals surface area contributed by atoms with Gasteiger partial charge in [-0.25, -0.2) is 4.39 Å². The van der Waals surface area contributed by atoms with E-state index in [2.05, 4.69) is 9.69 Å². The highest BCUT2D eigenvalue weighted by molar-refractivity contribution is 7.09. The van der Waals surface area contributed by atoms with Gasteiger partial charge in [-0.3, -0.25) is 19.2 Å². The average Bonchev–Trinajstić information content (AvgIpc) is 3.48. The molecule has 0 radical (unpaired) electrons. The van der Waals surface area contributed by atoms with Gasteiger partial charge in [0.05, 0.1) is 18.4 Å². The summed E-state index contributed by atoms with van der Waals surface area (Å²) in [5.41, 5.74) is 10.9. The van der Waals surface area contributed by atoms with Crippen molar-refractivity contribution in [2.24, 2.45) is 5.73 Å². The van der Waals surface area contributed by atoms with Gasteiger partial charge in [0.15, 0.2) is 5.69 Å². The molecule has 1 aliphatic rings. The van der Waals surface area contributed by atoms with Gasteiger partial charge in [-0.15, -0.1) is 0 Å². The number of amides is 3. The minimum absolute atomic E-state index is 0.0435. The van der Waals surface area contributed by atoms with Crippen LogP contribution in [0.4, 0.5) is 10.1 Å². The molecule has 3 rings (SSSR count). The largest absolute Gasteiger partial charge is 0.465 e. The van der Waals surface area contributed by atoms with Crippen LogP contribution in [0.5, 0.6) is 0 Å². The van der Waals surface area contributed by atoms with Gasteiger partial charge in [-0.1, -0.05) is 12.1 Å². The molecular weight excluding hydrogens is 481 g/mol. The number of anilines is 1. The lowest BCUT2D eigenvalue weighted by molar-refractivity contribution is -0.145. The molecule has 3 amide bonds. The molecule has 1 fully saturated rings. The van der Waals surface area contributed by atoms with Crippen molar-refractivity contribution in [3.05, 3.63) is 46.2 Å². The predicted octanol–water partition coefficient (Wildman–Crippen LogP) is 1.01. The highest BCUT2D eigenvalue weighted by atomic mass is 32.1. The molecule has 0 spiro atoms. The van der Waals surface area contributed by atoms with Crippen molar-refractivity contribution in [1.82, 2.24) is 14.6 Å². The van der Waals surface area contributed by atoms with E-state index in [0.717, 1.165) is 29.9 Å². The lowest BCUT2D eigenvalue weighted by Gasteiger charge is -2.30. The summed E-state index contributed by atoms with van der Waals surface area (Å²) in [6.07, 6.45) is 1.44. The Morgan fingerprint density at radius 1 is 1.31 bits per heavy atom. The van der Waals surface area contributed by atoms with E-state index in [1.165, 1.54) is 12.1 Å². The highest BCUT2D eigenvalue weighted by Crippen LogP contribution is 2.29. The maximum Gasteiger partial charge on any atom is 0.325 e. The summed E-state index contributed by atoms with van der Waals surface area (Å²) >= 11 is 0.611. The Labute approximate surface area is 204 Å². The minimum atomic E-state index is -1.35. The second kappa shape index (κ2) is 11.7. The van der Waals surface area contributed by atoms with Gasteiger partial charge in [0.25, 0.3) is 11.8 Å². The number of ether oxygens (including phenoxy) is 2. The number of nitrogens with one attached hydrogen (secondary N) is 1. The molecule has 0 aliphatic carbocycles. The molecule has 1 aromatic heterocycles. The van der Waals surface area contributed by atoms with Gasteiger partial charge in [0.1, 0.15) is 23.3 Å². The van der Waals surface area contributed by atoms with Crippen LogP contribution < -0.4 is 16.8 Å². The third-order valence-electron chi connectivity index (χ3n) is 5.29. The van der Waals surface area contributed by atoms with Crippen molar-refractivity contribution in [3.8, 4) is 0 Å². The Bertz CT molecular complexity index is 1090. The summed E-state index contributed by atoms with van der Waals surface area (Å²) in [5, 5.41) is 2.75. The number of nitrogens with two attached hydrogens (primary N) is 2. The van der Waals surface area contributed by atoms with Crippen LogP contribution in [-0.4, -0.2) is 65.4 Å². The van der Waals surface area contributed by atoms with Crippen LogP contribution in [0.15, 0.2) is 24.3 Å². The topological polar surface area (TPSA) is 167 Å². The van der Waals surface area contributed by atoms with Crippen molar-refractivity contribution >= 4 is 40.9 Å². The fraction of sp³-hybridized carbons (Fsp3) is 0.409. The van der Waals surface area contributed by atoms with E-state index in [4.69, 9.17) is 20.9 Å². The first kappa shape index (κ1) is 26.0. The average molecular weight is 508 g/mol. The Morgan fingerprint density at radius 2 is 2.03 bits per heavy atom. The summed E-state index contributed by atoms with van der Waals surface area (Å²) in [6, 6.07) is 3.58. The van der Waals surface area contributed by atoms with Crippen LogP contribution in [-0.2, 0) is 19.1 Å². The van der Waals surface area contributed by atoms with Crippen molar-refractivity contribution < 1.29 is 33.0 Å². The van der Waals surface area contributed by atoms with Gasteiger partial charge in [-0.2, -0.15) is 4.37 Å². The van der Waals surface area contributed by atoms with Crippen LogP contribution >= 0.6 is 11.5 Å². The minimum Gasteiger partial charge on any atom is -0.465 e. The maximum atomic E-state index is 13.6. The van der Waals surface area contributed by atoms with Crippen LogP contribution in [0, 0.1) is 5.82 Å². The number of nitrogens with zero attached hydrogens (tertiary/aromatic N) is 2. The molecule has 1 saturated heterocycles. The molecule has 2 aromatic rings. The number of primary amides is 1. The third-order valence-corrected chi connectivity index (χ3v) is 6.15. The summed E-state index contributed by atoms with van der Waals surface area (Å²) in [6.45, 7) is 1.79. The normalized spacial score (nSPS) is 15.9. The molecule has 1 aromatic carbocycles. The standard InChI is InChI=1S/C22H26FN5O6S/c1-2-33-15(29)11-28(22(32)19-16(24)17(20(25)30)27-35-19)18(12-5-7-13(23)8-6-12)21(31)26-10-14-4-3-9-34-14/h5-8,14,18H,2-4,9-11,24H2,1H3,(H2,25,30)(H,26,31). The van der Waals surface area contributed by atoms with E-state index >= 15 is 0 Å². The summed E-state index contributed by atoms with van der Waals surface area (Å²) in [4.78, 5) is 51.7. The molecule has 0 saturated carbocycles. The molecule has 0 bridgehead atoms. The highest BCUT2D eigenvalue weighted by Gasteiger charge is 2.36. The van der Waals surface area contributed by atoms with E-state index < -0.39 is 42.1 Å². The van der Waals surface area contributed by atoms with Crippen LogP contribution in [0.1, 0.15) is 51.5 Å². The number of benzene rings is 1. The number of halogens is 1. The van der Waals surface area contributed by atoms with Crippen molar-refractivity contribution in [2.45, 2.75) is 31.9 Å². The number of carbonyl (C=O) groups is 4. The van der Waals surface area contributed by atoms with E-state index in [-0.39, 0.29) is 41.1 Å². The molecule has 13 heteroatoms. The van der Waals surface area contributed by atoms with Crippen molar-refractivity contribution in [3.63, 3.8) is 0 Å². The first-order chi connectivity index (χ1) is 16.7. The van der Waals surface area contributed by atoms with Crippen LogP contribution in [0.3, 0.4) is 0 Å². The molecule has 2 atom stereocenters. The zero-order chi connectivity index (χ0) is 25.5. The zero-order valence-corrected chi connectivity index (χ0v) is 19.8. The van der Waals surface area contributed by atoms with Gasteiger partial charge in [0, 0.05) is 13.2 Å². The number of nitrogen functional groups attached to an aromatic ring is 1.